The summed E-state index contributed by atoms with van der Waals surface area (Å²) in [5.41, 5.74) is 1.46. The summed E-state index contributed by atoms with van der Waals surface area (Å²) in [5.74, 6) is 2.42. The molecule has 0 aromatic carbocycles. The number of likely N-dealkylation sites (tertiary alicyclic amines) is 1. The molecule has 1 aliphatic heterocycles. The Morgan fingerprint density at radius 2 is 2.14 bits per heavy atom. The summed E-state index contributed by atoms with van der Waals surface area (Å²) < 4.78 is 7.50. The minimum absolute atomic E-state index is 0.0181. The van der Waals surface area contributed by atoms with Gasteiger partial charge in [-0.2, -0.15) is 5.10 Å². The minimum Gasteiger partial charge on any atom is -0.464 e. The Bertz CT molecular complexity index is 686. The van der Waals surface area contributed by atoms with Crippen molar-refractivity contribution in [1.82, 2.24) is 14.7 Å². The molecular formula is C17H23N3O2. The second-order valence-corrected chi connectivity index (χ2v) is 6.39. The zero-order valence-corrected chi connectivity index (χ0v) is 13.7. The summed E-state index contributed by atoms with van der Waals surface area (Å²) in [6, 6.07) is 3.98. The number of nitrogens with zero attached hydrogens (tertiary/aromatic N) is 3. The average Bonchev–Trinajstić information content (AvgIpc) is 3.03. The van der Waals surface area contributed by atoms with Gasteiger partial charge in [0.1, 0.15) is 11.5 Å². The molecule has 1 fully saturated rings. The first kappa shape index (κ1) is 14.9. The predicted octanol–water partition coefficient (Wildman–Crippen LogP) is 3.24. The van der Waals surface area contributed by atoms with E-state index in [-0.39, 0.29) is 11.9 Å². The molecule has 0 spiro atoms. The van der Waals surface area contributed by atoms with Gasteiger partial charge in [-0.1, -0.05) is 6.92 Å². The summed E-state index contributed by atoms with van der Waals surface area (Å²) in [7, 11) is 1.84. The van der Waals surface area contributed by atoms with E-state index in [1.54, 1.807) is 10.9 Å². The van der Waals surface area contributed by atoms with E-state index in [0.29, 0.717) is 11.5 Å². The number of aryl methyl sites for hydroxylation is 3. The van der Waals surface area contributed by atoms with Crippen LogP contribution in [0.15, 0.2) is 22.7 Å². The molecule has 0 radical (unpaired) electrons. The van der Waals surface area contributed by atoms with E-state index in [2.05, 4.69) is 12.0 Å². The van der Waals surface area contributed by atoms with Crippen molar-refractivity contribution in [3.05, 3.63) is 41.1 Å². The fourth-order valence-electron chi connectivity index (χ4n) is 3.25. The van der Waals surface area contributed by atoms with Gasteiger partial charge in [-0.3, -0.25) is 9.48 Å². The topological polar surface area (TPSA) is 51.3 Å². The Balaban J connectivity index is 1.92. The van der Waals surface area contributed by atoms with Crippen LogP contribution in [0.2, 0.25) is 0 Å². The van der Waals surface area contributed by atoms with Crippen molar-refractivity contribution in [3.8, 4) is 0 Å². The smallest absolute Gasteiger partial charge is 0.257 e. The highest BCUT2D eigenvalue weighted by Gasteiger charge is 2.34. The number of carbonyl (C=O) groups is 1. The van der Waals surface area contributed by atoms with Gasteiger partial charge in [0.15, 0.2) is 0 Å². The largest absolute Gasteiger partial charge is 0.464 e. The second-order valence-electron chi connectivity index (χ2n) is 6.39. The zero-order valence-electron chi connectivity index (χ0n) is 13.7. The molecule has 2 atom stereocenters. The number of hydrogen-bond acceptors (Lipinski definition) is 3. The minimum atomic E-state index is 0.0181. The van der Waals surface area contributed by atoms with Gasteiger partial charge in [0.2, 0.25) is 0 Å². The Morgan fingerprint density at radius 1 is 1.36 bits per heavy atom. The summed E-state index contributed by atoms with van der Waals surface area (Å²) in [5, 5.41) is 4.29. The third-order valence-electron chi connectivity index (χ3n) is 4.46. The zero-order chi connectivity index (χ0) is 15.9. The lowest BCUT2D eigenvalue weighted by Gasteiger charge is -2.37. The number of carbonyl (C=O) groups excluding carboxylic acids is 1. The first-order valence-electron chi connectivity index (χ1n) is 7.83. The van der Waals surface area contributed by atoms with Crippen molar-refractivity contribution in [3.63, 3.8) is 0 Å². The number of furan rings is 1. The van der Waals surface area contributed by atoms with Crippen molar-refractivity contribution in [1.29, 1.82) is 0 Å². The van der Waals surface area contributed by atoms with E-state index >= 15 is 0 Å². The molecule has 0 saturated carbocycles. The molecule has 3 heterocycles. The number of rotatable bonds is 2. The van der Waals surface area contributed by atoms with Gasteiger partial charge in [-0.15, -0.1) is 0 Å². The maximum Gasteiger partial charge on any atom is 0.257 e. The molecule has 5 nitrogen and oxygen atoms in total. The lowest BCUT2D eigenvalue weighted by Crippen LogP contribution is -2.40. The summed E-state index contributed by atoms with van der Waals surface area (Å²) in [6.45, 7) is 6.82. The molecule has 5 heteroatoms. The second kappa shape index (κ2) is 5.63. The number of hydrogen-bond donors (Lipinski definition) is 0. The van der Waals surface area contributed by atoms with E-state index in [1.807, 2.05) is 37.9 Å². The number of piperidine rings is 1. The summed E-state index contributed by atoms with van der Waals surface area (Å²) in [6.07, 6.45) is 3.78. The van der Waals surface area contributed by atoms with Crippen molar-refractivity contribution >= 4 is 5.91 Å². The molecule has 22 heavy (non-hydrogen) atoms. The van der Waals surface area contributed by atoms with Crippen LogP contribution in [0.3, 0.4) is 0 Å². The standard InChI is InChI=1S/C17H23N3O2/c1-11-7-8-20(15(9-11)16-6-5-12(2)22-16)17(21)14-10-19(4)18-13(14)3/h5-6,10-11,15H,7-9H2,1-4H3. The fraction of sp³-hybridized carbons (Fsp3) is 0.529. The van der Waals surface area contributed by atoms with E-state index in [9.17, 15) is 4.79 Å². The molecule has 2 aromatic heterocycles. The maximum atomic E-state index is 13.0. The van der Waals surface area contributed by atoms with Gasteiger partial charge in [-0.25, -0.2) is 0 Å². The molecule has 1 saturated heterocycles. The lowest BCUT2D eigenvalue weighted by atomic mass is 9.90. The molecular weight excluding hydrogens is 278 g/mol. The van der Waals surface area contributed by atoms with Crippen LogP contribution in [0, 0.1) is 19.8 Å². The molecule has 118 valence electrons. The lowest BCUT2D eigenvalue weighted by molar-refractivity contribution is 0.0518. The van der Waals surface area contributed by atoms with Crippen LogP contribution >= 0.6 is 0 Å². The highest BCUT2D eigenvalue weighted by atomic mass is 16.3. The first-order chi connectivity index (χ1) is 10.5. The Hall–Kier alpha value is -2.04. The first-order valence-corrected chi connectivity index (χ1v) is 7.83. The van der Waals surface area contributed by atoms with E-state index < -0.39 is 0 Å². The van der Waals surface area contributed by atoms with Crippen LogP contribution in [0.5, 0.6) is 0 Å². The van der Waals surface area contributed by atoms with Crippen LogP contribution in [0.4, 0.5) is 0 Å². The fourth-order valence-corrected chi connectivity index (χ4v) is 3.25. The van der Waals surface area contributed by atoms with Crippen molar-refractivity contribution in [2.45, 2.75) is 39.7 Å². The predicted molar refractivity (Wildman–Crippen MR) is 83.6 cm³/mol. The summed E-state index contributed by atoms with van der Waals surface area (Å²) in [4.78, 5) is 14.9. The molecule has 1 aliphatic rings. The third-order valence-corrected chi connectivity index (χ3v) is 4.46. The molecule has 0 bridgehead atoms. The van der Waals surface area contributed by atoms with E-state index in [0.717, 1.165) is 36.6 Å². The van der Waals surface area contributed by atoms with Crippen molar-refractivity contribution < 1.29 is 9.21 Å². The summed E-state index contributed by atoms with van der Waals surface area (Å²) >= 11 is 0. The SMILES string of the molecule is Cc1ccc(C2CC(C)CCN2C(=O)c2cn(C)nc2C)o1. The maximum absolute atomic E-state index is 13.0. The molecule has 1 amide bonds. The van der Waals surface area contributed by atoms with E-state index in [4.69, 9.17) is 4.42 Å². The van der Waals surface area contributed by atoms with Gasteiger partial charge < -0.3 is 9.32 Å². The highest BCUT2D eigenvalue weighted by Crippen LogP contribution is 2.36. The van der Waals surface area contributed by atoms with Crippen LogP contribution in [0.1, 0.15) is 53.4 Å². The van der Waals surface area contributed by atoms with Crippen molar-refractivity contribution in [2.24, 2.45) is 13.0 Å². The monoisotopic (exact) mass is 301 g/mol. The highest BCUT2D eigenvalue weighted by molar-refractivity contribution is 5.95. The number of aromatic nitrogens is 2. The Morgan fingerprint density at radius 3 is 2.73 bits per heavy atom. The molecule has 2 aromatic rings. The quantitative estimate of drug-likeness (QED) is 0.855. The molecule has 0 aliphatic carbocycles. The van der Waals surface area contributed by atoms with Crippen LogP contribution in [-0.4, -0.2) is 27.1 Å². The van der Waals surface area contributed by atoms with Crippen LogP contribution < -0.4 is 0 Å². The van der Waals surface area contributed by atoms with Gasteiger partial charge in [0.25, 0.3) is 5.91 Å². The van der Waals surface area contributed by atoms with Crippen LogP contribution in [0.25, 0.3) is 0 Å². The Kier molecular flexibility index (Phi) is 3.81. The average molecular weight is 301 g/mol. The molecule has 2 unspecified atom stereocenters. The normalized spacial score (nSPS) is 22.1. The van der Waals surface area contributed by atoms with E-state index in [1.165, 1.54) is 0 Å². The molecule has 0 N–H and O–H groups in total. The third kappa shape index (κ3) is 2.67. The van der Waals surface area contributed by atoms with Crippen molar-refractivity contribution in [2.75, 3.05) is 6.54 Å². The van der Waals surface area contributed by atoms with Gasteiger partial charge >= 0.3 is 0 Å². The van der Waals surface area contributed by atoms with Crippen LogP contribution in [-0.2, 0) is 7.05 Å². The van der Waals surface area contributed by atoms with Gasteiger partial charge in [-0.05, 0) is 44.7 Å². The van der Waals surface area contributed by atoms with Gasteiger partial charge in [0, 0.05) is 19.8 Å². The van der Waals surface area contributed by atoms with Gasteiger partial charge in [0.05, 0.1) is 17.3 Å². The Labute approximate surface area is 130 Å². The molecule has 3 rings (SSSR count). The number of amides is 1.